The van der Waals surface area contributed by atoms with Crippen molar-refractivity contribution in [2.75, 3.05) is 0 Å². The van der Waals surface area contributed by atoms with Gasteiger partial charge in [0.05, 0.1) is 0 Å². The predicted octanol–water partition coefficient (Wildman–Crippen LogP) is 0.0654. The first-order valence-corrected chi connectivity index (χ1v) is 0. The van der Waals surface area contributed by atoms with E-state index in [9.17, 15) is 0 Å². The maximum atomic E-state index is 0. The zero-order valence-electron chi connectivity index (χ0n) is 2.79. The first-order valence-electron chi connectivity index (χ1n) is 0. The van der Waals surface area contributed by atoms with Crippen LogP contribution in [0.4, 0.5) is 0 Å². The number of hydrogen-bond acceptors (Lipinski definition) is 0. The average molecular weight is 366 g/mol. The molecule has 0 aromatic rings. The van der Waals surface area contributed by atoms with E-state index < -0.39 is 0 Å². The van der Waals surface area contributed by atoms with Crippen molar-refractivity contribution in [3.8, 4) is 0 Å². The van der Waals surface area contributed by atoms with Crippen molar-refractivity contribution >= 4 is 12.4 Å². The molecule has 6 heavy (non-hydrogen) atoms. The van der Waals surface area contributed by atoms with E-state index in [2.05, 4.69) is 0 Å². The molecule has 0 unspecified atom stereocenters. The molecule has 32 valence electrons. The summed E-state index contributed by atoms with van der Waals surface area (Å²) in [6.07, 6.45) is 0. The molecule has 0 aromatic heterocycles. The molecular formula is HClO3Pr2. The van der Waals surface area contributed by atoms with Crippen LogP contribution in [0.25, 0.3) is 0 Å². The van der Waals surface area contributed by atoms with E-state index in [4.69, 9.17) is 0 Å². The Hall–Kier alpha value is 2.90. The van der Waals surface area contributed by atoms with Crippen molar-refractivity contribution in [2.24, 2.45) is 0 Å². The molecule has 0 aliphatic heterocycles. The molecule has 0 heterocycles. The molecule has 0 saturated carbocycles. The molecule has 0 aliphatic rings. The molecule has 0 spiro atoms. The van der Waals surface area contributed by atoms with Gasteiger partial charge in [-0.2, -0.15) is 0 Å². The molecule has 0 saturated heterocycles. The smallest absolute Gasteiger partial charge is 2.00 e. The zero-order chi connectivity index (χ0) is 0. The van der Waals surface area contributed by atoms with Crippen LogP contribution in [0.2, 0.25) is 0 Å². The fourth-order valence-electron chi connectivity index (χ4n) is 0. The van der Waals surface area contributed by atoms with E-state index in [-0.39, 0.29) is 111 Å². The van der Waals surface area contributed by atoms with Crippen molar-refractivity contribution < 1.29 is 99.0 Å². The molecule has 0 radical (unpaired) electrons. The summed E-state index contributed by atoms with van der Waals surface area (Å²) < 4.78 is 0. The van der Waals surface area contributed by atoms with E-state index in [0.717, 1.165) is 0 Å². The fraction of sp³-hybridized carbons (Fsp3) is 0. The third kappa shape index (κ3) is 28.6. The van der Waals surface area contributed by atoms with Crippen LogP contribution in [0.15, 0.2) is 0 Å². The Bertz CT molecular complexity index is 8.75. The Morgan fingerprint density at radius 3 is 0.500 bits per heavy atom. The monoisotopic (exact) mass is 366 g/mol. The summed E-state index contributed by atoms with van der Waals surface area (Å²) in [4.78, 5) is 0. The van der Waals surface area contributed by atoms with Gasteiger partial charge in [0.1, 0.15) is 0 Å². The van der Waals surface area contributed by atoms with Gasteiger partial charge in [0, 0.05) is 0 Å². The van der Waals surface area contributed by atoms with E-state index in [1.54, 1.807) is 0 Å². The van der Waals surface area contributed by atoms with Crippen LogP contribution in [0.3, 0.4) is 0 Å². The van der Waals surface area contributed by atoms with Crippen LogP contribution in [-0.2, 0) is 16.4 Å². The average Bonchev–Trinajstić information content (AvgIpc) is 0. The first kappa shape index (κ1) is 66.1. The molecule has 0 rings (SSSR count). The second-order valence-corrected chi connectivity index (χ2v) is 0. The maximum Gasteiger partial charge on any atom is 3.00 e. The van der Waals surface area contributed by atoms with E-state index in [1.807, 2.05) is 0 Å². The van der Waals surface area contributed by atoms with Gasteiger partial charge in [0.25, 0.3) is 0 Å². The Labute approximate surface area is 109 Å². The summed E-state index contributed by atoms with van der Waals surface area (Å²) in [6.45, 7) is 0. The Balaban J connectivity index is 0. The van der Waals surface area contributed by atoms with Crippen molar-refractivity contribution in [1.82, 2.24) is 0 Å². The molecule has 0 fully saturated rings. The van der Waals surface area contributed by atoms with E-state index >= 15 is 0 Å². The van der Waals surface area contributed by atoms with Crippen LogP contribution < -0.4 is 0 Å². The number of hydrogen-bond donors (Lipinski definition) is 0. The summed E-state index contributed by atoms with van der Waals surface area (Å²) in [5.41, 5.74) is 0. The van der Waals surface area contributed by atoms with Gasteiger partial charge >= 0.3 is 82.6 Å². The Morgan fingerprint density at radius 1 is 0.500 bits per heavy atom. The Morgan fingerprint density at radius 2 is 0.500 bits per heavy atom. The first-order chi connectivity index (χ1) is 0. The zero-order valence-corrected chi connectivity index (χ0v) is 11.0. The van der Waals surface area contributed by atoms with Crippen LogP contribution in [-0.4, -0.2) is 0 Å². The van der Waals surface area contributed by atoms with Gasteiger partial charge in [-0.3, -0.25) is 0 Å². The predicted molar refractivity (Wildman–Crippen MR) is 9.31 cm³/mol. The molecule has 6 heteroatoms. The molecule has 3 nitrogen and oxygen atoms in total. The van der Waals surface area contributed by atoms with Gasteiger partial charge in [-0.15, -0.1) is 12.4 Å². The standard InChI is InChI=1S/ClH.3O.2Pr/h1H;;;;;/q;3*-2;2*+3. The molecule has 0 aromatic carbocycles. The number of rotatable bonds is 0. The van der Waals surface area contributed by atoms with Gasteiger partial charge < -0.3 is 16.4 Å². The largest absolute Gasteiger partial charge is 3.00 e. The fourth-order valence-corrected chi connectivity index (χ4v) is 0. The van der Waals surface area contributed by atoms with E-state index in [0.29, 0.717) is 0 Å². The summed E-state index contributed by atoms with van der Waals surface area (Å²) >= 11 is 0. The van der Waals surface area contributed by atoms with Gasteiger partial charge in [-0.1, -0.05) is 0 Å². The maximum absolute atomic E-state index is 0. The van der Waals surface area contributed by atoms with Gasteiger partial charge in [-0.25, -0.2) is 0 Å². The minimum absolute atomic E-state index is 0. The Kier molecular flexibility index (Phi) is 493. The third-order valence-corrected chi connectivity index (χ3v) is 0. The van der Waals surface area contributed by atoms with Crippen LogP contribution in [0.1, 0.15) is 0 Å². The van der Waals surface area contributed by atoms with Gasteiger partial charge in [0.2, 0.25) is 0 Å². The van der Waals surface area contributed by atoms with Crippen molar-refractivity contribution in [2.45, 2.75) is 0 Å². The van der Waals surface area contributed by atoms with Crippen LogP contribution >= 0.6 is 12.4 Å². The second kappa shape index (κ2) is 44.8. The molecule has 0 atom stereocenters. The van der Waals surface area contributed by atoms with Crippen molar-refractivity contribution in [3.63, 3.8) is 0 Å². The summed E-state index contributed by atoms with van der Waals surface area (Å²) in [5, 5.41) is 0. The number of halogens is 1. The molecular weight excluding hydrogens is 365 g/mol. The van der Waals surface area contributed by atoms with Crippen LogP contribution in [0.5, 0.6) is 0 Å². The van der Waals surface area contributed by atoms with Crippen molar-refractivity contribution in [3.05, 3.63) is 0 Å². The molecule has 0 bridgehead atoms. The SMILES string of the molecule is Cl.[O-2].[O-2].[O-2].[Pr+3].[Pr+3]. The molecule has 0 aliphatic carbocycles. The molecule has 0 amide bonds. The van der Waals surface area contributed by atoms with E-state index in [1.165, 1.54) is 0 Å². The normalized spacial score (nSPS) is 0. The molecule has 0 N–H and O–H groups in total. The minimum atomic E-state index is 0. The summed E-state index contributed by atoms with van der Waals surface area (Å²) in [7, 11) is 0. The third-order valence-electron chi connectivity index (χ3n) is 0. The topological polar surface area (TPSA) is 85.5 Å². The quantitative estimate of drug-likeness (QED) is 0.581. The summed E-state index contributed by atoms with van der Waals surface area (Å²) in [5.74, 6) is 0. The van der Waals surface area contributed by atoms with Gasteiger partial charge in [-0.05, 0) is 0 Å². The summed E-state index contributed by atoms with van der Waals surface area (Å²) in [6, 6.07) is 0. The second-order valence-electron chi connectivity index (χ2n) is 0. The van der Waals surface area contributed by atoms with Crippen LogP contribution in [0, 0.1) is 82.6 Å². The minimum Gasteiger partial charge on any atom is -2.00 e. The van der Waals surface area contributed by atoms with Crippen molar-refractivity contribution in [1.29, 1.82) is 0 Å². The van der Waals surface area contributed by atoms with Gasteiger partial charge in [0.15, 0.2) is 0 Å².